The van der Waals surface area contributed by atoms with Crippen LogP contribution in [0.4, 0.5) is 0 Å². The van der Waals surface area contributed by atoms with Gasteiger partial charge in [0, 0.05) is 18.4 Å². The van der Waals surface area contributed by atoms with Crippen LogP contribution in [0.2, 0.25) is 51.4 Å². The van der Waals surface area contributed by atoms with E-state index in [-0.39, 0.29) is 10.4 Å². The van der Waals surface area contributed by atoms with Gasteiger partial charge in [0.05, 0.1) is 39.7 Å². The van der Waals surface area contributed by atoms with E-state index in [2.05, 4.69) is 67.0 Å². The summed E-state index contributed by atoms with van der Waals surface area (Å²) in [5, 5.41) is -0.285. The van der Waals surface area contributed by atoms with Crippen LogP contribution in [0.5, 0.6) is 0 Å². The first-order valence-corrected chi connectivity index (χ1v) is 23.2. The van der Waals surface area contributed by atoms with Gasteiger partial charge in [-0.15, -0.1) is 0 Å². The molecule has 0 aromatic heterocycles. The van der Waals surface area contributed by atoms with E-state index in [9.17, 15) is 0 Å². The van der Waals surface area contributed by atoms with Gasteiger partial charge in [-0.05, 0) is 71.8 Å². The molecule has 0 aromatic carbocycles. The van der Waals surface area contributed by atoms with Crippen molar-refractivity contribution in [3.05, 3.63) is 0 Å². The van der Waals surface area contributed by atoms with E-state index in [1.54, 1.807) is 0 Å². The average molecular weight is 549 g/mol. The molecule has 2 fully saturated rings. The fourth-order valence-corrected chi connectivity index (χ4v) is 15.9. The molecule has 0 radical (unpaired) electrons. The maximum atomic E-state index is 7.32. The van der Waals surface area contributed by atoms with Gasteiger partial charge >= 0.3 is 0 Å². The van der Waals surface area contributed by atoms with E-state index in [1.807, 2.05) is 0 Å². The molecule has 35 heavy (non-hydrogen) atoms. The molecular weight excluding hydrogens is 493 g/mol. The van der Waals surface area contributed by atoms with Crippen molar-refractivity contribution in [1.29, 1.82) is 0 Å². The second kappa shape index (κ2) is 13.0. The van der Waals surface area contributed by atoms with E-state index in [0.717, 1.165) is 71.4 Å². The van der Waals surface area contributed by atoms with Crippen LogP contribution in [0, 0.1) is 0 Å². The van der Waals surface area contributed by atoms with Crippen LogP contribution in [-0.4, -0.2) is 87.0 Å². The van der Waals surface area contributed by atoms with E-state index in [1.165, 1.54) is 6.04 Å². The van der Waals surface area contributed by atoms with Crippen molar-refractivity contribution in [2.75, 3.05) is 39.6 Å². The third-order valence-electron chi connectivity index (χ3n) is 8.61. The predicted octanol–water partition coefficient (Wildman–Crippen LogP) is 6.17. The summed E-state index contributed by atoms with van der Waals surface area (Å²) in [5.41, 5.74) is 0. The molecular formula is C26H56O6Si3. The predicted molar refractivity (Wildman–Crippen MR) is 152 cm³/mol. The van der Waals surface area contributed by atoms with Gasteiger partial charge in [0.25, 0.3) is 0 Å². The van der Waals surface area contributed by atoms with Gasteiger partial charge in [-0.2, -0.15) is 0 Å². The lowest BCUT2D eigenvalue weighted by atomic mass is 10.3. The minimum atomic E-state index is -2.20. The fourth-order valence-electron chi connectivity index (χ4n) is 4.88. The zero-order valence-corrected chi connectivity index (χ0v) is 27.6. The Bertz CT molecular complexity index is 639. The molecule has 2 saturated heterocycles. The molecule has 6 nitrogen and oxygen atoms in total. The number of rotatable bonds is 20. The summed E-state index contributed by atoms with van der Waals surface area (Å²) in [6, 6.07) is 2.32. The Morgan fingerprint density at radius 3 is 1.60 bits per heavy atom. The molecule has 0 saturated carbocycles. The molecule has 0 aliphatic carbocycles. The summed E-state index contributed by atoms with van der Waals surface area (Å²) < 4.78 is 36.5. The standard InChI is InChI=1S/C26H56O6Si3/c1-11-25(3,33(5,6)17-13-15-27-19-23-21-29-23)32-35(9,10)26(4,12-2)31-34(7,8)18-14-16-28-20-24-22-30-24/h23-24H,11-22H2,1-10H3. The molecule has 4 unspecified atom stereocenters. The summed E-state index contributed by atoms with van der Waals surface area (Å²) in [6.07, 6.45) is 4.87. The van der Waals surface area contributed by atoms with Crippen LogP contribution in [-0.2, 0) is 27.8 Å². The van der Waals surface area contributed by atoms with Crippen LogP contribution in [0.1, 0.15) is 53.4 Å². The molecule has 0 bridgehead atoms. The molecule has 0 amide bonds. The van der Waals surface area contributed by atoms with Gasteiger partial charge in [0.1, 0.15) is 12.2 Å². The largest absolute Gasteiger partial charge is 0.412 e. The summed E-state index contributed by atoms with van der Waals surface area (Å²) in [4.78, 5) is 0. The van der Waals surface area contributed by atoms with Crippen molar-refractivity contribution in [3.8, 4) is 0 Å². The maximum absolute atomic E-state index is 7.32. The van der Waals surface area contributed by atoms with Crippen molar-refractivity contribution in [2.45, 2.75) is 127 Å². The zero-order chi connectivity index (χ0) is 26.4. The molecule has 9 heteroatoms. The summed E-state index contributed by atoms with van der Waals surface area (Å²) in [7, 11) is -5.75. The second-order valence-electron chi connectivity index (χ2n) is 12.8. The molecule has 0 aromatic rings. The molecule has 208 valence electrons. The monoisotopic (exact) mass is 548 g/mol. The number of hydrogen-bond donors (Lipinski definition) is 0. The first-order valence-electron chi connectivity index (χ1n) is 14.0. The minimum Gasteiger partial charge on any atom is -0.412 e. The van der Waals surface area contributed by atoms with Gasteiger partial charge < -0.3 is 27.8 Å². The highest BCUT2D eigenvalue weighted by atomic mass is 28.4. The average Bonchev–Trinajstić information content (AvgIpc) is 3.67. The summed E-state index contributed by atoms with van der Waals surface area (Å²) in [5.74, 6) is 0. The molecule has 4 atom stereocenters. The fraction of sp³-hybridized carbons (Fsp3) is 1.00. The smallest absolute Gasteiger partial charge is 0.216 e. The Balaban J connectivity index is 1.93. The van der Waals surface area contributed by atoms with Crippen LogP contribution in [0.25, 0.3) is 0 Å². The minimum absolute atomic E-state index is 0.0768. The van der Waals surface area contributed by atoms with Gasteiger partial charge in [-0.3, -0.25) is 0 Å². The zero-order valence-electron chi connectivity index (χ0n) is 24.6. The molecule has 0 spiro atoms. The van der Waals surface area contributed by atoms with Crippen molar-refractivity contribution >= 4 is 24.7 Å². The van der Waals surface area contributed by atoms with Crippen LogP contribution in [0.3, 0.4) is 0 Å². The number of ether oxygens (including phenoxy) is 4. The second-order valence-corrected chi connectivity index (χ2v) is 26.6. The highest BCUT2D eigenvalue weighted by molar-refractivity contribution is 6.82. The molecule has 2 aliphatic rings. The Morgan fingerprint density at radius 1 is 0.714 bits per heavy atom. The molecule has 2 aliphatic heterocycles. The van der Waals surface area contributed by atoms with Crippen LogP contribution < -0.4 is 0 Å². The van der Waals surface area contributed by atoms with E-state index < -0.39 is 24.7 Å². The van der Waals surface area contributed by atoms with Gasteiger partial charge in [0.2, 0.25) is 8.32 Å². The SMILES string of the molecule is CCC(C)(O[Si](C)(C)C(C)(CC)O[Si](C)(C)CCCOCC1CO1)[Si](C)(C)CCCOCC1CO1. The lowest BCUT2D eigenvalue weighted by Crippen LogP contribution is -2.66. The third kappa shape index (κ3) is 9.90. The number of epoxide rings is 2. The highest BCUT2D eigenvalue weighted by Crippen LogP contribution is 2.41. The van der Waals surface area contributed by atoms with Gasteiger partial charge in [-0.1, -0.05) is 33.0 Å². The van der Waals surface area contributed by atoms with E-state index in [0.29, 0.717) is 12.2 Å². The van der Waals surface area contributed by atoms with Crippen LogP contribution in [0.15, 0.2) is 0 Å². The van der Waals surface area contributed by atoms with Crippen LogP contribution >= 0.6 is 0 Å². The first kappa shape index (κ1) is 31.6. The van der Waals surface area contributed by atoms with Crippen molar-refractivity contribution < 1.29 is 27.8 Å². The normalized spacial score (nSPS) is 24.2. The molecule has 0 N–H and O–H groups in total. The Morgan fingerprint density at radius 2 is 1.17 bits per heavy atom. The lowest BCUT2D eigenvalue weighted by molar-refractivity contribution is 0.0733. The molecule has 2 rings (SSSR count). The summed E-state index contributed by atoms with van der Waals surface area (Å²) in [6.45, 7) is 28.6. The number of hydrogen-bond acceptors (Lipinski definition) is 6. The maximum Gasteiger partial charge on any atom is 0.216 e. The lowest BCUT2D eigenvalue weighted by Gasteiger charge is -2.53. The van der Waals surface area contributed by atoms with E-state index >= 15 is 0 Å². The van der Waals surface area contributed by atoms with Gasteiger partial charge in [0.15, 0.2) is 8.32 Å². The first-order chi connectivity index (χ1) is 16.2. The Hall–Kier alpha value is 0.411. The molecule has 2 heterocycles. The topological polar surface area (TPSA) is 62.0 Å². The van der Waals surface area contributed by atoms with Crippen molar-refractivity contribution in [3.63, 3.8) is 0 Å². The van der Waals surface area contributed by atoms with Gasteiger partial charge in [-0.25, -0.2) is 0 Å². The van der Waals surface area contributed by atoms with Crippen molar-refractivity contribution in [1.82, 2.24) is 0 Å². The quantitative estimate of drug-likeness (QED) is 0.103. The van der Waals surface area contributed by atoms with E-state index in [4.69, 9.17) is 27.8 Å². The highest BCUT2D eigenvalue weighted by Gasteiger charge is 2.53. The van der Waals surface area contributed by atoms with Crippen molar-refractivity contribution in [2.24, 2.45) is 0 Å². The Kier molecular flexibility index (Phi) is 11.7. The third-order valence-corrected chi connectivity index (χ3v) is 20.5. The Labute approximate surface area is 219 Å². The summed E-state index contributed by atoms with van der Waals surface area (Å²) >= 11 is 0.